The number of nitrogens with zero attached hydrogens (tertiary/aromatic N) is 4. The number of anilines is 2. The molecule has 1 saturated heterocycles. The third-order valence-corrected chi connectivity index (χ3v) is 11.9. The maximum atomic E-state index is 13.7. The van der Waals surface area contributed by atoms with Crippen molar-refractivity contribution in [3.8, 4) is 11.9 Å². The Morgan fingerprint density at radius 3 is 2.14 bits per heavy atom. The number of carbonyl (C=O) groups is 6. The highest BCUT2D eigenvalue weighted by atomic mass is 35.5. The van der Waals surface area contributed by atoms with E-state index in [1.807, 2.05) is 73.4 Å². The van der Waals surface area contributed by atoms with Gasteiger partial charge < -0.3 is 53.4 Å². The summed E-state index contributed by atoms with van der Waals surface area (Å²) in [6.45, 7) is 8.93. The standard InChI is InChI=1S/C52H71ClN10O10.CH3/c1-37(2)48(61-46(65)20-27-70-29-31-72-32-30-71-28-25-63-47(66)33-38(3)50(63)68)45(64)34-40(9-8-22-56-51(55)69)49(67)59-42-14-10-39(11-15-42)35-62-23-18-43(19-24-62)60-52(58-36-54)57-21-6-4-5-7-26-73-44-16-12-41(53)13-17-44;/h10-19,23-24,37-38,40,48H,4-9,20-22,25-35H2,1-3H3,(H6,55,56,57,58,59,61,65,67,69);1H3/q;-1/p+1/t38?,40-,48+;/m1./s1. The summed E-state index contributed by atoms with van der Waals surface area (Å²) in [7, 11) is 0. The first-order chi connectivity index (χ1) is 35.2. The van der Waals surface area contributed by atoms with E-state index >= 15 is 0 Å². The molecule has 1 unspecified atom stereocenters. The summed E-state index contributed by atoms with van der Waals surface area (Å²) < 4.78 is 24.2. The molecule has 404 valence electrons. The van der Waals surface area contributed by atoms with Crippen molar-refractivity contribution in [1.82, 2.24) is 20.9 Å². The second kappa shape index (κ2) is 34.7. The van der Waals surface area contributed by atoms with Gasteiger partial charge >= 0.3 is 6.03 Å². The molecule has 2 heterocycles. The van der Waals surface area contributed by atoms with Crippen molar-refractivity contribution in [2.75, 3.05) is 76.5 Å². The van der Waals surface area contributed by atoms with Crippen LogP contribution in [0.15, 0.2) is 78.0 Å². The van der Waals surface area contributed by atoms with Crippen LogP contribution in [0.25, 0.3) is 0 Å². The lowest BCUT2D eigenvalue weighted by atomic mass is 9.89. The Hall–Kier alpha value is -6.66. The van der Waals surface area contributed by atoms with Crippen LogP contribution in [-0.2, 0) is 44.7 Å². The van der Waals surface area contributed by atoms with Crippen molar-refractivity contribution < 1.29 is 52.3 Å². The molecule has 20 nitrogen and oxygen atoms in total. The maximum absolute atomic E-state index is 13.7. The lowest BCUT2D eigenvalue weighted by Crippen LogP contribution is -2.45. The summed E-state index contributed by atoms with van der Waals surface area (Å²) in [4.78, 5) is 81.3. The molecule has 1 aliphatic rings. The maximum Gasteiger partial charge on any atom is 0.312 e. The normalized spacial score (nSPS) is 14.1. The number of benzene rings is 2. The number of Topliss-reactive ketones (excluding diaryl/α,β-unsaturated/α-hetero) is 1. The fourth-order valence-electron chi connectivity index (χ4n) is 7.64. The number of halogens is 1. The predicted octanol–water partition coefficient (Wildman–Crippen LogP) is 5.54. The highest BCUT2D eigenvalue weighted by molar-refractivity contribution is 6.30. The molecule has 21 heteroatoms. The van der Waals surface area contributed by atoms with Crippen molar-refractivity contribution in [3.63, 3.8) is 0 Å². The zero-order chi connectivity index (χ0) is 52.8. The van der Waals surface area contributed by atoms with Gasteiger partial charge in [-0.3, -0.25) is 39.2 Å². The van der Waals surface area contributed by atoms with Crippen LogP contribution in [0.3, 0.4) is 0 Å². The number of hydrogen-bond donors (Lipinski definition) is 6. The molecular formula is C53H75ClN10O10. The van der Waals surface area contributed by atoms with E-state index < -0.39 is 18.0 Å². The molecule has 6 amide bonds. The highest BCUT2D eigenvalue weighted by Crippen LogP contribution is 2.21. The first kappa shape index (κ1) is 61.6. The Morgan fingerprint density at radius 2 is 1.50 bits per heavy atom. The number of unbranched alkanes of at least 4 members (excludes halogenated alkanes) is 3. The van der Waals surface area contributed by atoms with E-state index in [0.717, 1.165) is 42.7 Å². The number of aliphatic imine (C=N–C) groups is 1. The van der Waals surface area contributed by atoms with Gasteiger partial charge in [-0.1, -0.05) is 50.9 Å². The van der Waals surface area contributed by atoms with Gasteiger partial charge in [-0.15, -0.1) is 0 Å². The number of aromatic nitrogens is 1. The smallest absolute Gasteiger partial charge is 0.312 e. The first-order valence-electron chi connectivity index (χ1n) is 24.9. The summed E-state index contributed by atoms with van der Waals surface area (Å²) in [6.07, 6.45) is 10.3. The van der Waals surface area contributed by atoms with E-state index in [0.29, 0.717) is 49.4 Å². The molecule has 1 aromatic heterocycles. The summed E-state index contributed by atoms with van der Waals surface area (Å²) >= 11 is 5.92. The molecular weight excluding hydrogens is 972 g/mol. The highest BCUT2D eigenvalue weighted by Gasteiger charge is 2.35. The number of amides is 6. The summed E-state index contributed by atoms with van der Waals surface area (Å²) in [5.74, 6) is -1.55. The molecule has 1 aliphatic heterocycles. The molecule has 7 N–H and O–H groups in total. The van der Waals surface area contributed by atoms with E-state index in [-0.39, 0.29) is 120 Å². The number of nitrogens with two attached hydrogens (primary N) is 1. The molecule has 3 atom stereocenters. The van der Waals surface area contributed by atoms with Crippen molar-refractivity contribution in [2.24, 2.45) is 28.5 Å². The number of nitrogens with one attached hydrogen (secondary N) is 5. The summed E-state index contributed by atoms with van der Waals surface area (Å²) in [6, 6.07) is 16.9. The van der Waals surface area contributed by atoms with Crippen LogP contribution in [0.1, 0.15) is 84.1 Å². The lowest BCUT2D eigenvalue weighted by molar-refractivity contribution is -0.688. The van der Waals surface area contributed by atoms with Crippen molar-refractivity contribution in [3.05, 3.63) is 91.1 Å². The fraction of sp³-hybridized carbons (Fsp3) is 0.509. The Morgan fingerprint density at radius 1 is 0.851 bits per heavy atom. The van der Waals surface area contributed by atoms with Gasteiger partial charge in [-0.2, -0.15) is 5.26 Å². The van der Waals surface area contributed by atoms with Crippen molar-refractivity contribution in [1.29, 1.82) is 5.26 Å². The average molecular weight is 1050 g/mol. The number of carbonyl (C=O) groups excluding carboxylic acids is 6. The van der Waals surface area contributed by atoms with E-state index in [9.17, 15) is 34.0 Å². The average Bonchev–Trinajstić information content (AvgIpc) is 3.61. The summed E-state index contributed by atoms with van der Waals surface area (Å²) in [5, 5.41) is 24.0. The number of rotatable bonds is 34. The monoisotopic (exact) mass is 1050 g/mol. The lowest BCUT2D eigenvalue weighted by Gasteiger charge is -2.24. The SMILES string of the molecule is CC1CC(=O)N(CCOCCOCCOCCC(=O)N[C@H](C(=O)C[C@@H](CCCNC(N)=O)C(=O)Nc2ccc(C[n+]3ccc(NC(=NCCCCCCOc4ccc(Cl)cc4)NC#N)cc3)cc2)C(C)C)C1=O.[CH3-]. The minimum Gasteiger partial charge on any atom is -0.494 e. The van der Waals surface area contributed by atoms with E-state index in [1.165, 1.54) is 4.90 Å². The van der Waals surface area contributed by atoms with Gasteiger partial charge in [0.1, 0.15) is 5.75 Å². The van der Waals surface area contributed by atoms with Crippen LogP contribution in [0.2, 0.25) is 5.02 Å². The number of urea groups is 1. The molecule has 1 fully saturated rings. The Balaban J connectivity index is 0.0000144. The number of ether oxygens (including phenoxy) is 4. The van der Waals surface area contributed by atoms with Crippen molar-refractivity contribution >= 4 is 64.4 Å². The Labute approximate surface area is 440 Å². The number of guanidine groups is 1. The molecule has 0 bridgehead atoms. The Kier molecular flexibility index (Phi) is 28.9. The van der Waals surface area contributed by atoms with Gasteiger partial charge in [0, 0.05) is 72.6 Å². The van der Waals surface area contributed by atoms with Crippen LogP contribution in [0.5, 0.6) is 5.75 Å². The number of primary amides is 1. The van der Waals surface area contributed by atoms with Gasteiger partial charge in [0.15, 0.2) is 30.9 Å². The largest absolute Gasteiger partial charge is 0.494 e. The van der Waals surface area contributed by atoms with Crippen molar-refractivity contribution in [2.45, 2.75) is 91.1 Å². The molecule has 0 aliphatic carbocycles. The quantitative estimate of drug-likeness (QED) is 0.00628. The first-order valence-corrected chi connectivity index (χ1v) is 25.3. The fourth-order valence-corrected chi connectivity index (χ4v) is 7.77. The second-order valence-electron chi connectivity index (χ2n) is 17.9. The molecule has 74 heavy (non-hydrogen) atoms. The van der Waals surface area contributed by atoms with Gasteiger partial charge in [0.2, 0.25) is 29.6 Å². The number of ketones is 1. The number of hydrogen-bond acceptors (Lipinski definition) is 12. The zero-order valence-corrected chi connectivity index (χ0v) is 44.0. The van der Waals surface area contributed by atoms with Crippen LogP contribution in [0, 0.1) is 36.6 Å². The Bertz CT molecular complexity index is 2280. The minimum absolute atomic E-state index is 0. The number of nitriles is 1. The number of pyridine rings is 1. The molecule has 0 saturated carbocycles. The molecule has 4 rings (SSSR count). The number of imide groups is 1. The second-order valence-corrected chi connectivity index (χ2v) is 18.4. The van der Waals surface area contributed by atoms with Gasteiger partial charge in [-0.25, -0.2) is 9.36 Å². The zero-order valence-electron chi connectivity index (χ0n) is 43.2. The van der Waals surface area contributed by atoms with Gasteiger partial charge in [0.05, 0.1) is 64.5 Å². The van der Waals surface area contributed by atoms with Gasteiger partial charge in [-0.05, 0) is 74.4 Å². The third kappa shape index (κ3) is 23.9. The molecule has 0 radical (unpaired) electrons. The molecule has 3 aromatic rings. The summed E-state index contributed by atoms with van der Waals surface area (Å²) in [5.41, 5.74) is 7.49. The van der Waals surface area contributed by atoms with E-state index in [2.05, 4.69) is 31.6 Å². The predicted molar refractivity (Wildman–Crippen MR) is 282 cm³/mol. The van der Waals surface area contributed by atoms with Crippen LogP contribution < -0.4 is 41.6 Å². The topological polar surface area (TPSA) is 269 Å². The molecule has 0 spiro atoms. The van der Waals surface area contributed by atoms with Crippen LogP contribution in [-0.4, -0.2) is 118 Å². The third-order valence-electron chi connectivity index (χ3n) is 11.6. The van der Waals surface area contributed by atoms with Crippen LogP contribution in [0.4, 0.5) is 16.2 Å². The number of likely N-dealkylation sites (tertiary alicyclic amines) is 1. The van der Waals surface area contributed by atoms with E-state index in [1.54, 1.807) is 31.2 Å². The van der Waals surface area contributed by atoms with Gasteiger partial charge in [0.25, 0.3) is 0 Å². The van der Waals surface area contributed by atoms with Crippen LogP contribution >= 0.6 is 11.6 Å². The van der Waals surface area contributed by atoms with E-state index in [4.69, 9.17) is 36.3 Å². The molecule has 2 aromatic carbocycles. The minimum atomic E-state index is -0.842.